The molecular formula is C36H42ClFN2O3. The second kappa shape index (κ2) is 12.1. The number of anilines is 1. The molecule has 3 aliphatic rings. The van der Waals surface area contributed by atoms with E-state index in [2.05, 4.69) is 48.4 Å². The van der Waals surface area contributed by atoms with Gasteiger partial charge in [-0.3, -0.25) is 4.98 Å². The molecule has 5 nitrogen and oxygen atoms in total. The number of nitrogens with zero attached hydrogens (tertiary/aromatic N) is 1. The lowest BCUT2D eigenvalue weighted by Crippen LogP contribution is -2.53. The highest BCUT2D eigenvalue weighted by molar-refractivity contribution is 6.30. The first kappa shape index (κ1) is 29.9. The summed E-state index contributed by atoms with van der Waals surface area (Å²) in [5.74, 6) is 0.929. The topological polar surface area (TPSA) is 71.5 Å². The first-order valence-corrected chi connectivity index (χ1v) is 16.2. The second-order valence-electron chi connectivity index (χ2n) is 13.1. The van der Waals surface area contributed by atoms with Crippen molar-refractivity contribution in [2.24, 2.45) is 11.8 Å². The summed E-state index contributed by atoms with van der Waals surface area (Å²) in [5.41, 5.74) is 3.94. The summed E-state index contributed by atoms with van der Waals surface area (Å²) in [6.07, 6.45) is 7.62. The van der Waals surface area contributed by atoms with Crippen molar-refractivity contribution in [1.29, 1.82) is 0 Å². The van der Waals surface area contributed by atoms with Crippen molar-refractivity contribution in [3.05, 3.63) is 88.2 Å². The van der Waals surface area contributed by atoms with Gasteiger partial charge in [-0.15, -0.1) is 0 Å². The van der Waals surface area contributed by atoms with Crippen molar-refractivity contribution < 1.29 is 19.0 Å². The van der Waals surface area contributed by atoms with Gasteiger partial charge in [-0.05, 0) is 116 Å². The van der Waals surface area contributed by atoms with E-state index in [9.17, 15) is 14.3 Å². The van der Waals surface area contributed by atoms with Crippen LogP contribution in [0.25, 0.3) is 0 Å². The van der Waals surface area contributed by atoms with Gasteiger partial charge in [0.15, 0.2) is 0 Å². The number of rotatable bonds is 9. The van der Waals surface area contributed by atoms with Crippen LogP contribution in [0.15, 0.2) is 60.8 Å². The van der Waals surface area contributed by atoms with Crippen molar-refractivity contribution in [3.8, 4) is 5.75 Å². The van der Waals surface area contributed by atoms with Crippen LogP contribution in [0.3, 0.4) is 0 Å². The first-order chi connectivity index (χ1) is 20.7. The average Bonchev–Trinajstić information content (AvgIpc) is 3.29. The summed E-state index contributed by atoms with van der Waals surface area (Å²) in [4.78, 5) is 17.1. The molecule has 4 atom stereocenters. The predicted molar refractivity (Wildman–Crippen MR) is 169 cm³/mol. The van der Waals surface area contributed by atoms with E-state index in [1.54, 1.807) is 18.3 Å². The molecule has 1 saturated carbocycles. The lowest BCUT2D eigenvalue weighted by Gasteiger charge is -2.47. The zero-order valence-corrected chi connectivity index (χ0v) is 25.9. The first-order valence-electron chi connectivity index (χ1n) is 15.9. The van der Waals surface area contributed by atoms with Gasteiger partial charge in [0.2, 0.25) is 0 Å². The van der Waals surface area contributed by atoms with Crippen molar-refractivity contribution in [2.75, 3.05) is 11.9 Å². The van der Waals surface area contributed by atoms with Crippen molar-refractivity contribution in [2.45, 2.75) is 94.7 Å². The van der Waals surface area contributed by atoms with Gasteiger partial charge in [0, 0.05) is 22.5 Å². The fourth-order valence-electron chi connectivity index (χ4n) is 8.29. The average molecular weight is 605 g/mol. The molecule has 0 radical (unpaired) electrons. The van der Waals surface area contributed by atoms with Crippen molar-refractivity contribution in [3.63, 3.8) is 0 Å². The number of carboxylic acids is 1. The number of aliphatic carboxylic acids is 1. The summed E-state index contributed by atoms with van der Waals surface area (Å²) in [6.45, 7) is 4.95. The molecule has 228 valence electrons. The molecular weight excluding hydrogens is 563 g/mol. The van der Waals surface area contributed by atoms with Gasteiger partial charge in [0.05, 0.1) is 12.3 Å². The van der Waals surface area contributed by atoms with E-state index in [1.165, 1.54) is 11.1 Å². The van der Waals surface area contributed by atoms with E-state index < -0.39 is 17.7 Å². The van der Waals surface area contributed by atoms with E-state index in [0.717, 1.165) is 55.5 Å². The summed E-state index contributed by atoms with van der Waals surface area (Å²) < 4.78 is 21.2. The number of nitrogens with one attached hydrogen (secondary N) is 1. The van der Waals surface area contributed by atoms with Gasteiger partial charge >= 0.3 is 5.97 Å². The van der Waals surface area contributed by atoms with Gasteiger partial charge < -0.3 is 15.2 Å². The number of alkyl halides is 1. The summed E-state index contributed by atoms with van der Waals surface area (Å²) in [6, 6.07) is 17.9. The molecule has 6 rings (SSSR count). The van der Waals surface area contributed by atoms with Gasteiger partial charge in [-0.25, -0.2) is 9.18 Å². The molecule has 0 aliphatic heterocycles. The number of pyridine rings is 1. The fourth-order valence-corrected chi connectivity index (χ4v) is 8.48. The Balaban J connectivity index is 1.19. The predicted octanol–water partition coefficient (Wildman–Crippen LogP) is 9.06. The molecule has 1 spiro atoms. The Morgan fingerprint density at radius 2 is 1.93 bits per heavy atom. The van der Waals surface area contributed by atoms with Gasteiger partial charge in [0.1, 0.15) is 17.5 Å². The number of hydrogen-bond donors (Lipinski definition) is 2. The molecule has 0 unspecified atom stereocenters. The molecule has 1 heterocycles. The Labute approximate surface area is 259 Å². The minimum atomic E-state index is -1.03. The molecule has 2 aromatic carbocycles. The lowest BCUT2D eigenvalue weighted by molar-refractivity contribution is -0.144. The van der Waals surface area contributed by atoms with Gasteiger partial charge in [0.25, 0.3) is 0 Å². The Morgan fingerprint density at radius 3 is 2.67 bits per heavy atom. The van der Waals surface area contributed by atoms with Crippen LogP contribution in [0.1, 0.15) is 99.7 Å². The number of hydrogen-bond acceptors (Lipinski definition) is 4. The van der Waals surface area contributed by atoms with E-state index in [4.69, 9.17) is 16.3 Å². The van der Waals surface area contributed by atoms with E-state index in [-0.39, 0.29) is 17.3 Å². The normalized spacial score (nSPS) is 28.6. The quantitative estimate of drug-likeness (QED) is 0.255. The number of benzene rings is 2. The Morgan fingerprint density at radius 1 is 1.14 bits per heavy atom. The lowest BCUT2D eigenvalue weighted by atomic mass is 9.59. The van der Waals surface area contributed by atoms with Crippen LogP contribution in [0.4, 0.5) is 10.1 Å². The van der Waals surface area contributed by atoms with Crippen LogP contribution in [-0.2, 0) is 16.6 Å². The summed E-state index contributed by atoms with van der Waals surface area (Å²) in [5, 5.41) is 14.4. The molecule has 3 aliphatic carbocycles. The summed E-state index contributed by atoms with van der Waals surface area (Å²) >= 11 is 6.21. The number of fused-ring (bicyclic) bond motifs is 3. The molecule has 43 heavy (non-hydrogen) atoms. The van der Waals surface area contributed by atoms with E-state index in [0.29, 0.717) is 42.5 Å². The standard InChI is InChI=1S/C36H42ClFN2O3/c1-3-24-11-12-30(38)33-32(24)31(13-18-39-33)43-22-23(2)19-26-20-25-7-4-5-10-29(25)35(26)14-16-36(17-15-35,34(41)42)40-28-9-6-8-27(37)21-28/h4-10,13,18,21,23-24,26,30,40H,3,11-12,14-17,19-20,22H2,1-2H3,(H,41,42)/t23-,24-,26+,30-,35?,36?/m1/s1. The minimum absolute atomic E-state index is 0.0651. The van der Waals surface area contributed by atoms with Gasteiger partial charge in [-0.1, -0.05) is 55.8 Å². The van der Waals surface area contributed by atoms with E-state index in [1.807, 2.05) is 18.2 Å². The highest BCUT2D eigenvalue weighted by Gasteiger charge is 2.54. The zero-order chi connectivity index (χ0) is 30.2. The molecule has 0 amide bonds. The maximum atomic E-state index is 14.7. The zero-order valence-electron chi connectivity index (χ0n) is 25.1. The monoisotopic (exact) mass is 604 g/mol. The minimum Gasteiger partial charge on any atom is -0.493 e. The number of halogens is 2. The molecule has 3 aromatic rings. The van der Waals surface area contributed by atoms with Crippen LogP contribution in [0.2, 0.25) is 5.02 Å². The SMILES string of the molecule is CC[C@@H]1CC[C@@H](F)c2nccc(OC[C@H](C)C[C@H]3Cc4ccccc4C34CCC(Nc3cccc(Cl)c3)(C(=O)O)CC4)c21. The van der Waals surface area contributed by atoms with Gasteiger partial charge in [-0.2, -0.15) is 0 Å². The molecule has 1 aromatic heterocycles. The van der Waals surface area contributed by atoms with Crippen LogP contribution < -0.4 is 10.1 Å². The molecule has 7 heteroatoms. The number of ether oxygens (including phenoxy) is 1. The summed E-state index contributed by atoms with van der Waals surface area (Å²) in [7, 11) is 0. The molecule has 2 N–H and O–H groups in total. The second-order valence-corrected chi connectivity index (χ2v) is 13.6. The Hall–Kier alpha value is -3.12. The number of aromatic nitrogens is 1. The molecule has 0 bridgehead atoms. The van der Waals surface area contributed by atoms with Crippen LogP contribution in [-0.4, -0.2) is 28.2 Å². The maximum absolute atomic E-state index is 14.7. The van der Waals surface area contributed by atoms with Crippen LogP contribution in [0.5, 0.6) is 5.75 Å². The molecule has 0 saturated heterocycles. The highest BCUT2D eigenvalue weighted by Crippen LogP contribution is 2.56. The third-order valence-electron chi connectivity index (χ3n) is 10.6. The molecule has 1 fully saturated rings. The Bertz CT molecular complexity index is 1470. The maximum Gasteiger partial charge on any atom is 0.329 e. The van der Waals surface area contributed by atoms with Crippen molar-refractivity contribution >= 4 is 23.3 Å². The number of carboxylic acid groups (broad SMARTS) is 1. The third kappa shape index (κ3) is 5.63. The van der Waals surface area contributed by atoms with Crippen molar-refractivity contribution in [1.82, 2.24) is 4.98 Å². The highest BCUT2D eigenvalue weighted by atomic mass is 35.5. The third-order valence-corrected chi connectivity index (χ3v) is 10.8. The number of carbonyl (C=O) groups is 1. The fraction of sp³-hybridized carbons (Fsp3) is 0.500. The van der Waals surface area contributed by atoms with Crippen LogP contribution >= 0.6 is 11.6 Å². The Kier molecular flexibility index (Phi) is 8.43. The van der Waals surface area contributed by atoms with E-state index >= 15 is 0 Å². The largest absolute Gasteiger partial charge is 0.493 e. The smallest absolute Gasteiger partial charge is 0.329 e. The van der Waals surface area contributed by atoms with Crippen LogP contribution in [0, 0.1) is 11.8 Å².